The van der Waals surface area contributed by atoms with E-state index in [0.717, 1.165) is 24.5 Å². The molecule has 1 aromatic heterocycles. The molecule has 5 heteroatoms. The topological polar surface area (TPSA) is 36.4 Å². The van der Waals surface area contributed by atoms with Gasteiger partial charge in [0.05, 0.1) is 5.75 Å². The molecule has 0 bridgehead atoms. The number of amides is 1. The van der Waals surface area contributed by atoms with Crippen LogP contribution in [0.5, 0.6) is 0 Å². The predicted octanol–water partition coefficient (Wildman–Crippen LogP) is 2.91. The van der Waals surface area contributed by atoms with Crippen molar-refractivity contribution in [1.82, 2.24) is 9.88 Å². The molecule has 1 atom stereocenters. The molecule has 4 nitrogen and oxygen atoms in total. The van der Waals surface area contributed by atoms with Crippen LogP contribution >= 0.6 is 11.8 Å². The molecule has 1 aromatic carbocycles. The maximum atomic E-state index is 12.5. The number of nitrogens with zero attached hydrogens (tertiary/aromatic N) is 3. The van der Waals surface area contributed by atoms with Gasteiger partial charge >= 0.3 is 0 Å². The highest BCUT2D eigenvalue weighted by Gasteiger charge is 2.27. The summed E-state index contributed by atoms with van der Waals surface area (Å²) in [5, 5.41) is 0. The minimum Gasteiger partial charge on any atom is -0.368 e. The Morgan fingerprint density at radius 3 is 2.61 bits per heavy atom. The predicted molar refractivity (Wildman–Crippen MR) is 94.8 cm³/mol. The van der Waals surface area contributed by atoms with E-state index in [1.54, 1.807) is 24.2 Å². The number of carbonyl (C=O) groups is 1. The maximum absolute atomic E-state index is 12.5. The van der Waals surface area contributed by atoms with Crippen LogP contribution in [0.15, 0.2) is 59.8 Å². The molecule has 0 radical (unpaired) electrons. The van der Waals surface area contributed by atoms with Crippen molar-refractivity contribution in [2.24, 2.45) is 0 Å². The smallest absolute Gasteiger partial charge is 0.233 e. The van der Waals surface area contributed by atoms with Crippen molar-refractivity contribution >= 4 is 23.4 Å². The lowest BCUT2D eigenvalue weighted by molar-refractivity contribution is -0.130. The van der Waals surface area contributed by atoms with Crippen molar-refractivity contribution in [3.05, 3.63) is 54.9 Å². The summed E-state index contributed by atoms with van der Waals surface area (Å²) in [5.74, 6) is 0.701. The Kier molecular flexibility index (Phi) is 5.18. The number of piperazine rings is 1. The summed E-state index contributed by atoms with van der Waals surface area (Å²) >= 11 is 1.58. The molecule has 0 N–H and O–H groups in total. The second-order valence-corrected chi connectivity index (χ2v) is 6.74. The molecule has 3 rings (SSSR count). The van der Waals surface area contributed by atoms with Crippen molar-refractivity contribution < 1.29 is 4.79 Å². The Bertz CT molecular complexity index is 635. The van der Waals surface area contributed by atoms with Crippen molar-refractivity contribution in [2.75, 3.05) is 30.3 Å². The second kappa shape index (κ2) is 7.51. The molecule has 0 unspecified atom stereocenters. The van der Waals surface area contributed by atoms with Crippen LogP contribution < -0.4 is 4.90 Å². The molecule has 2 aromatic rings. The number of benzene rings is 1. The Morgan fingerprint density at radius 1 is 1.17 bits per heavy atom. The van der Waals surface area contributed by atoms with E-state index in [4.69, 9.17) is 0 Å². The van der Waals surface area contributed by atoms with Crippen LogP contribution in [-0.2, 0) is 4.79 Å². The number of hydrogen-bond acceptors (Lipinski definition) is 4. The quantitative estimate of drug-likeness (QED) is 0.809. The first kappa shape index (κ1) is 15.9. The van der Waals surface area contributed by atoms with Crippen molar-refractivity contribution in [1.29, 1.82) is 0 Å². The average Bonchev–Trinajstić information content (AvgIpc) is 2.61. The van der Waals surface area contributed by atoms with Crippen LogP contribution in [0.25, 0.3) is 0 Å². The molecule has 1 fully saturated rings. The second-order valence-electron chi connectivity index (χ2n) is 5.69. The molecule has 1 aliphatic heterocycles. The molecular formula is C18H21N3OS. The molecule has 23 heavy (non-hydrogen) atoms. The van der Waals surface area contributed by atoms with E-state index in [1.165, 1.54) is 5.69 Å². The summed E-state index contributed by atoms with van der Waals surface area (Å²) in [6.45, 7) is 4.69. The lowest BCUT2D eigenvalue weighted by Gasteiger charge is -2.41. The fourth-order valence-corrected chi connectivity index (χ4v) is 3.63. The number of rotatable bonds is 4. The van der Waals surface area contributed by atoms with E-state index < -0.39 is 0 Å². The molecule has 0 aliphatic carbocycles. The van der Waals surface area contributed by atoms with Gasteiger partial charge in [0, 0.05) is 48.7 Å². The normalized spacial score (nSPS) is 18.0. The number of carbonyl (C=O) groups excluding carboxylic acids is 1. The van der Waals surface area contributed by atoms with E-state index in [1.807, 2.05) is 23.1 Å². The molecule has 1 saturated heterocycles. The summed E-state index contributed by atoms with van der Waals surface area (Å²) in [6.07, 6.45) is 3.52. The highest BCUT2D eigenvalue weighted by molar-refractivity contribution is 8.00. The highest BCUT2D eigenvalue weighted by atomic mass is 32.2. The first-order valence-corrected chi connectivity index (χ1v) is 8.85. The molecule has 1 aliphatic rings. The summed E-state index contributed by atoms with van der Waals surface area (Å²) in [7, 11) is 0. The zero-order valence-corrected chi connectivity index (χ0v) is 14.1. The number of hydrogen-bond donors (Lipinski definition) is 0. The van der Waals surface area contributed by atoms with Gasteiger partial charge in [-0.05, 0) is 31.2 Å². The van der Waals surface area contributed by atoms with Gasteiger partial charge in [0.25, 0.3) is 0 Å². The van der Waals surface area contributed by atoms with Crippen molar-refractivity contribution in [3.8, 4) is 0 Å². The molecule has 0 saturated carbocycles. The zero-order valence-electron chi connectivity index (χ0n) is 13.3. The van der Waals surface area contributed by atoms with Gasteiger partial charge in [-0.1, -0.05) is 18.2 Å². The summed E-state index contributed by atoms with van der Waals surface area (Å²) in [5.41, 5.74) is 1.23. The third-order valence-electron chi connectivity index (χ3n) is 4.08. The van der Waals surface area contributed by atoms with Gasteiger partial charge in [0.1, 0.15) is 0 Å². The van der Waals surface area contributed by atoms with Gasteiger partial charge in [-0.2, -0.15) is 0 Å². The SMILES string of the molecule is C[C@@H]1CN(c2ccccc2)CCN1C(=O)CSc1ccncc1. The van der Waals surface area contributed by atoms with Gasteiger partial charge < -0.3 is 9.80 Å². The number of pyridine rings is 1. The summed E-state index contributed by atoms with van der Waals surface area (Å²) in [4.78, 5) is 21.9. The van der Waals surface area contributed by atoms with Crippen LogP contribution in [0.1, 0.15) is 6.92 Å². The zero-order chi connectivity index (χ0) is 16.1. The number of para-hydroxylation sites is 1. The largest absolute Gasteiger partial charge is 0.368 e. The molecule has 2 heterocycles. The van der Waals surface area contributed by atoms with Crippen LogP contribution in [-0.4, -0.2) is 47.2 Å². The van der Waals surface area contributed by atoms with Crippen molar-refractivity contribution in [2.45, 2.75) is 17.9 Å². The third-order valence-corrected chi connectivity index (χ3v) is 5.08. The first-order valence-electron chi connectivity index (χ1n) is 7.86. The standard InChI is InChI=1S/C18H21N3OS/c1-15-13-20(16-5-3-2-4-6-16)11-12-21(15)18(22)14-23-17-7-9-19-10-8-17/h2-10,15H,11-14H2,1H3/t15-/m1/s1. The van der Waals surface area contributed by atoms with Gasteiger partial charge in [-0.25, -0.2) is 0 Å². The number of thioether (sulfide) groups is 1. The Balaban J connectivity index is 1.54. The Labute approximate surface area is 141 Å². The molecule has 0 spiro atoms. The monoisotopic (exact) mass is 327 g/mol. The van der Waals surface area contributed by atoms with E-state index in [2.05, 4.69) is 41.1 Å². The Morgan fingerprint density at radius 2 is 1.91 bits per heavy atom. The maximum Gasteiger partial charge on any atom is 0.233 e. The van der Waals surface area contributed by atoms with Gasteiger partial charge in [-0.3, -0.25) is 9.78 Å². The van der Waals surface area contributed by atoms with Crippen LogP contribution in [0.4, 0.5) is 5.69 Å². The number of anilines is 1. The van der Waals surface area contributed by atoms with Crippen molar-refractivity contribution in [3.63, 3.8) is 0 Å². The molecule has 120 valence electrons. The molecule has 1 amide bonds. The van der Waals surface area contributed by atoms with E-state index in [9.17, 15) is 4.79 Å². The highest BCUT2D eigenvalue weighted by Crippen LogP contribution is 2.21. The first-order chi connectivity index (χ1) is 11.2. The van der Waals surface area contributed by atoms with E-state index in [-0.39, 0.29) is 11.9 Å². The lowest BCUT2D eigenvalue weighted by atomic mass is 10.1. The lowest BCUT2D eigenvalue weighted by Crippen LogP contribution is -2.54. The van der Waals surface area contributed by atoms with Gasteiger partial charge in [0.2, 0.25) is 5.91 Å². The fourth-order valence-electron chi connectivity index (χ4n) is 2.86. The summed E-state index contributed by atoms with van der Waals surface area (Å²) in [6, 6.07) is 14.5. The van der Waals surface area contributed by atoms with E-state index >= 15 is 0 Å². The van der Waals surface area contributed by atoms with Gasteiger partial charge in [0.15, 0.2) is 0 Å². The minimum atomic E-state index is 0.215. The van der Waals surface area contributed by atoms with Crippen LogP contribution in [0.2, 0.25) is 0 Å². The summed E-state index contributed by atoms with van der Waals surface area (Å²) < 4.78 is 0. The third kappa shape index (κ3) is 4.05. The number of aromatic nitrogens is 1. The minimum absolute atomic E-state index is 0.215. The average molecular weight is 327 g/mol. The van der Waals surface area contributed by atoms with Crippen LogP contribution in [0.3, 0.4) is 0 Å². The van der Waals surface area contributed by atoms with E-state index in [0.29, 0.717) is 5.75 Å². The van der Waals surface area contributed by atoms with Crippen LogP contribution in [0, 0.1) is 0 Å². The fraction of sp³-hybridized carbons (Fsp3) is 0.333. The molecular weight excluding hydrogens is 306 g/mol. The van der Waals surface area contributed by atoms with Gasteiger partial charge in [-0.15, -0.1) is 11.8 Å². The Hall–Kier alpha value is -2.01.